The van der Waals surface area contributed by atoms with Crippen molar-refractivity contribution < 1.29 is 5.11 Å². The number of allylic oxidation sites excluding steroid dienone is 1. The van der Waals surface area contributed by atoms with E-state index >= 15 is 0 Å². The molecule has 1 fully saturated rings. The zero-order valence-electron chi connectivity index (χ0n) is 9.09. The van der Waals surface area contributed by atoms with Gasteiger partial charge in [0, 0.05) is 14.0 Å². The van der Waals surface area contributed by atoms with Gasteiger partial charge in [0.1, 0.15) is 0 Å². The van der Waals surface area contributed by atoms with Crippen molar-refractivity contribution in [2.45, 2.75) is 51.1 Å². The topological polar surface area (TPSA) is 20.2 Å². The Morgan fingerprint density at radius 1 is 1.31 bits per heavy atom. The molecule has 0 amide bonds. The maximum Gasteiger partial charge on any atom is 0.0602 e. The smallest absolute Gasteiger partial charge is 0.0602 e. The lowest BCUT2D eigenvalue weighted by molar-refractivity contribution is 0.153. The molecule has 0 bridgehead atoms. The lowest BCUT2D eigenvalue weighted by Crippen LogP contribution is -2.18. The van der Waals surface area contributed by atoms with Crippen LogP contribution in [-0.2, 0) is 0 Å². The molecule has 0 heterocycles. The minimum absolute atomic E-state index is 0.0575. The van der Waals surface area contributed by atoms with Crippen LogP contribution in [0.1, 0.15) is 19.3 Å². The number of aliphatic hydroxyl groups is 1. The van der Waals surface area contributed by atoms with Crippen LogP contribution in [0.25, 0.3) is 0 Å². The largest absolute Gasteiger partial charge is 0.393 e. The summed E-state index contributed by atoms with van der Waals surface area (Å²) in [6.07, 6.45) is 7.87. The average molecular weight is 198 g/mol. The number of aliphatic hydroxyl groups excluding tert-OH is 1. The molecule has 1 N–H and O–H groups in total. The van der Waals surface area contributed by atoms with Gasteiger partial charge in [-0.2, -0.15) is 0 Å². The van der Waals surface area contributed by atoms with E-state index in [1.165, 1.54) is 18.9 Å². The van der Waals surface area contributed by atoms with Crippen LogP contribution >= 0.6 is 0 Å². The van der Waals surface area contributed by atoms with Crippen molar-refractivity contribution in [3.8, 4) is 0 Å². The SMILES string of the molecule is C[Si](C)(C)C/C=C/[C@H]1CCC[C@@H]1O. The first-order chi connectivity index (χ1) is 5.99. The molecule has 1 nitrogen and oxygen atoms in total. The van der Waals surface area contributed by atoms with Gasteiger partial charge in [-0.3, -0.25) is 0 Å². The van der Waals surface area contributed by atoms with Crippen LogP contribution in [0.5, 0.6) is 0 Å². The van der Waals surface area contributed by atoms with Crippen molar-refractivity contribution in [2.24, 2.45) is 5.92 Å². The van der Waals surface area contributed by atoms with Crippen molar-refractivity contribution >= 4 is 8.07 Å². The van der Waals surface area contributed by atoms with Gasteiger partial charge in [-0.15, -0.1) is 0 Å². The fourth-order valence-electron chi connectivity index (χ4n) is 1.79. The Hall–Kier alpha value is -0.0831. The lowest BCUT2D eigenvalue weighted by Gasteiger charge is -2.13. The second-order valence-corrected chi connectivity index (χ2v) is 10.9. The molecule has 0 saturated heterocycles. The molecule has 1 saturated carbocycles. The summed E-state index contributed by atoms with van der Waals surface area (Å²) >= 11 is 0. The van der Waals surface area contributed by atoms with E-state index in [1.807, 2.05) is 0 Å². The van der Waals surface area contributed by atoms with Crippen LogP contribution in [0, 0.1) is 5.92 Å². The van der Waals surface area contributed by atoms with Gasteiger partial charge in [0.15, 0.2) is 0 Å². The van der Waals surface area contributed by atoms with E-state index in [0.29, 0.717) is 5.92 Å². The number of rotatable bonds is 3. The predicted molar refractivity (Wildman–Crippen MR) is 60.6 cm³/mol. The number of hydrogen-bond donors (Lipinski definition) is 1. The van der Waals surface area contributed by atoms with E-state index in [2.05, 4.69) is 31.8 Å². The Morgan fingerprint density at radius 2 is 2.00 bits per heavy atom. The van der Waals surface area contributed by atoms with Crippen LogP contribution in [0.15, 0.2) is 12.2 Å². The van der Waals surface area contributed by atoms with Gasteiger partial charge in [0.25, 0.3) is 0 Å². The van der Waals surface area contributed by atoms with Gasteiger partial charge >= 0.3 is 0 Å². The second-order valence-electron chi connectivity index (χ2n) is 5.36. The van der Waals surface area contributed by atoms with E-state index < -0.39 is 8.07 Å². The summed E-state index contributed by atoms with van der Waals surface area (Å²) < 4.78 is 0. The summed E-state index contributed by atoms with van der Waals surface area (Å²) in [6, 6.07) is 1.25. The summed E-state index contributed by atoms with van der Waals surface area (Å²) in [4.78, 5) is 0. The third kappa shape index (κ3) is 4.10. The summed E-state index contributed by atoms with van der Waals surface area (Å²) in [5, 5.41) is 9.58. The molecule has 0 aromatic rings. The van der Waals surface area contributed by atoms with Gasteiger partial charge in [0.2, 0.25) is 0 Å². The summed E-state index contributed by atoms with van der Waals surface area (Å²) in [5.41, 5.74) is 0. The van der Waals surface area contributed by atoms with Crippen LogP contribution < -0.4 is 0 Å². The maximum atomic E-state index is 9.58. The Morgan fingerprint density at radius 3 is 2.46 bits per heavy atom. The molecular weight excluding hydrogens is 176 g/mol. The third-order valence-corrected chi connectivity index (χ3v) is 4.11. The van der Waals surface area contributed by atoms with E-state index in [9.17, 15) is 5.11 Å². The van der Waals surface area contributed by atoms with Crippen molar-refractivity contribution in [1.82, 2.24) is 0 Å². The molecule has 0 unspecified atom stereocenters. The highest BCUT2D eigenvalue weighted by Crippen LogP contribution is 2.26. The molecule has 0 aromatic carbocycles. The minimum Gasteiger partial charge on any atom is -0.393 e. The highest BCUT2D eigenvalue weighted by atomic mass is 28.3. The molecule has 0 radical (unpaired) electrons. The van der Waals surface area contributed by atoms with Crippen molar-refractivity contribution in [3.63, 3.8) is 0 Å². The zero-order chi connectivity index (χ0) is 9.90. The molecule has 0 spiro atoms. The molecule has 0 aromatic heterocycles. The monoisotopic (exact) mass is 198 g/mol. The number of hydrogen-bond acceptors (Lipinski definition) is 1. The molecule has 1 aliphatic rings. The molecular formula is C11H22OSi. The standard InChI is InChI=1S/C11H22OSi/c1-13(2,3)9-5-7-10-6-4-8-11(10)12/h5,7,10-12H,4,6,8-9H2,1-3H3/b7-5+/t10-,11+/m1/s1. The van der Waals surface area contributed by atoms with Crippen molar-refractivity contribution in [2.75, 3.05) is 0 Å². The molecule has 76 valence electrons. The highest BCUT2D eigenvalue weighted by Gasteiger charge is 2.22. The molecule has 1 rings (SSSR count). The van der Waals surface area contributed by atoms with E-state index in [0.717, 1.165) is 6.42 Å². The molecule has 1 aliphatic carbocycles. The third-order valence-electron chi connectivity index (χ3n) is 2.65. The fourth-order valence-corrected chi connectivity index (χ4v) is 2.63. The van der Waals surface area contributed by atoms with Crippen LogP contribution in [0.4, 0.5) is 0 Å². The van der Waals surface area contributed by atoms with Crippen LogP contribution in [0.2, 0.25) is 25.7 Å². The van der Waals surface area contributed by atoms with E-state index in [-0.39, 0.29) is 6.10 Å². The minimum atomic E-state index is -0.920. The summed E-state index contributed by atoms with van der Waals surface area (Å²) in [6.45, 7) is 7.13. The summed E-state index contributed by atoms with van der Waals surface area (Å²) in [7, 11) is -0.920. The zero-order valence-corrected chi connectivity index (χ0v) is 10.1. The Labute approximate surface area is 82.9 Å². The first-order valence-electron chi connectivity index (χ1n) is 5.34. The van der Waals surface area contributed by atoms with Gasteiger partial charge < -0.3 is 5.11 Å². The molecule has 0 aliphatic heterocycles. The quantitative estimate of drug-likeness (QED) is 0.546. The second kappa shape index (κ2) is 4.42. The van der Waals surface area contributed by atoms with Gasteiger partial charge in [-0.1, -0.05) is 38.2 Å². The van der Waals surface area contributed by atoms with Crippen molar-refractivity contribution in [3.05, 3.63) is 12.2 Å². The summed E-state index contributed by atoms with van der Waals surface area (Å²) in [5.74, 6) is 0.455. The predicted octanol–water partition coefficient (Wildman–Crippen LogP) is 3.04. The average Bonchev–Trinajstić information content (AvgIpc) is 2.34. The van der Waals surface area contributed by atoms with Crippen LogP contribution in [0.3, 0.4) is 0 Å². The molecule has 13 heavy (non-hydrogen) atoms. The Bertz CT molecular complexity index is 181. The first kappa shape index (κ1) is 11.0. The van der Waals surface area contributed by atoms with Crippen LogP contribution in [-0.4, -0.2) is 19.3 Å². The Kier molecular flexibility index (Phi) is 3.74. The lowest BCUT2D eigenvalue weighted by atomic mass is 10.1. The Balaban J connectivity index is 2.31. The maximum absolute atomic E-state index is 9.58. The normalized spacial score (nSPS) is 30.2. The van der Waals surface area contributed by atoms with E-state index in [1.54, 1.807) is 0 Å². The van der Waals surface area contributed by atoms with E-state index in [4.69, 9.17) is 0 Å². The van der Waals surface area contributed by atoms with Gasteiger partial charge in [0.05, 0.1) is 6.10 Å². The van der Waals surface area contributed by atoms with Gasteiger partial charge in [-0.05, 0) is 18.9 Å². The molecule has 2 atom stereocenters. The highest BCUT2D eigenvalue weighted by molar-refractivity contribution is 6.76. The molecule has 2 heteroatoms. The van der Waals surface area contributed by atoms with Crippen molar-refractivity contribution in [1.29, 1.82) is 0 Å². The first-order valence-corrected chi connectivity index (χ1v) is 9.04. The van der Waals surface area contributed by atoms with Gasteiger partial charge in [-0.25, -0.2) is 0 Å². The fraction of sp³-hybridized carbons (Fsp3) is 0.818.